The Hall–Kier alpha value is -3.46. The minimum atomic E-state index is -1.35. The largest absolute Gasteiger partial charge is 0.481 e. The third-order valence-electron chi connectivity index (χ3n) is 4.07. The minimum absolute atomic E-state index is 0.183. The van der Waals surface area contributed by atoms with Crippen molar-refractivity contribution >= 4 is 23.5 Å². The highest BCUT2D eigenvalue weighted by molar-refractivity contribution is 6.30. The smallest absolute Gasteiger partial charge is 0.305 e. The van der Waals surface area contributed by atoms with Crippen LogP contribution >= 0.6 is 11.6 Å². The van der Waals surface area contributed by atoms with E-state index >= 15 is 0 Å². The molecule has 1 atom stereocenters. The van der Waals surface area contributed by atoms with E-state index in [9.17, 15) is 23.2 Å². The molecule has 10 heteroatoms. The maximum atomic E-state index is 14.1. The Kier molecular flexibility index (Phi) is 5.79. The molecule has 0 saturated carbocycles. The molecule has 0 saturated heterocycles. The van der Waals surface area contributed by atoms with Gasteiger partial charge >= 0.3 is 5.97 Å². The quantitative estimate of drug-likeness (QED) is 0.569. The fourth-order valence-corrected chi connectivity index (χ4v) is 2.85. The molecule has 0 radical (unpaired) electrons. The number of H-pyrrole nitrogens is 1. The van der Waals surface area contributed by atoms with Crippen molar-refractivity contribution in [2.45, 2.75) is 12.5 Å². The van der Waals surface area contributed by atoms with Crippen molar-refractivity contribution in [2.24, 2.45) is 0 Å². The Morgan fingerprint density at radius 3 is 2.48 bits per heavy atom. The van der Waals surface area contributed by atoms with Crippen LogP contribution in [0, 0.1) is 11.6 Å². The zero-order valence-corrected chi connectivity index (χ0v) is 15.4. The van der Waals surface area contributed by atoms with Crippen LogP contribution in [-0.2, 0) is 4.79 Å². The molecule has 0 aliphatic carbocycles. The van der Waals surface area contributed by atoms with E-state index in [1.807, 2.05) is 0 Å². The molecular formula is C19H14ClF2N3O4. The van der Waals surface area contributed by atoms with Crippen LogP contribution in [0.5, 0.6) is 0 Å². The van der Waals surface area contributed by atoms with Gasteiger partial charge in [-0.2, -0.15) is 0 Å². The zero-order chi connectivity index (χ0) is 21.1. The third-order valence-corrected chi connectivity index (χ3v) is 4.32. The van der Waals surface area contributed by atoms with Crippen LogP contribution in [0.4, 0.5) is 8.78 Å². The fourth-order valence-electron chi connectivity index (χ4n) is 2.73. The number of hydrogen-bond donors (Lipinski definition) is 3. The molecule has 3 N–H and O–H groups in total. The van der Waals surface area contributed by atoms with Gasteiger partial charge in [-0.15, -0.1) is 0 Å². The molecule has 0 spiro atoms. The molecule has 0 aliphatic heterocycles. The number of carboxylic acids is 1. The molecule has 1 aromatic heterocycles. The summed E-state index contributed by atoms with van der Waals surface area (Å²) in [4.78, 5) is 35.8. The average Bonchev–Trinajstić information content (AvgIpc) is 3.05. The van der Waals surface area contributed by atoms with Gasteiger partial charge in [0.2, 0.25) is 0 Å². The summed E-state index contributed by atoms with van der Waals surface area (Å²) in [7, 11) is 0. The van der Waals surface area contributed by atoms with E-state index in [0.717, 1.165) is 28.9 Å². The summed E-state index contributed by atoms with van der Waals surface area (Å²) in [5.41, 5.74) is -0.640. The number of carbonyl (C=O) groups is 2. The molecule has 29 heavy (non-hydrogen) atoms. The second-order valence-electron chi connectivity index (χ2n) is 6.11. The van der Waals surface area contributed by atoms with Crippen LogP contribution in [0.1, 0.15) is 28.5 Å². The average molecular weight is 422 g/mol. The Bertz CT molecular complexity index is 1130. The van der Waals surface area contributed by atoms with Gasteiger partial charge in [-0.25, -0.2) is 13.5 Å². The number of carbonyl (C=O) groups excluding carboxylic acids is 1. The van der Waals surface area contributed by atoms with Crippen LogP contribution in [0.3, 0.4) is 0 Å². The Balaban J connectivity index is 1.89. The first-order chi connectivity index (χ1) is 13.7. The van der Waals surface area contributed by atoms with Gasteiger partial charge in [0.25, 0.3) is 11.5 Å². The van der Waals surface area contributed by atoms with E-state index in [4.69, 9.17) is 16.7 Å². The van der Waals surface area contributed by atoms with E-state index < -0.39 is 41.5 Å². The summed E-state index contributed by atoms with van der Waals surface area (Å²) in [6.07, 6.45) is -0.686. The highest BCUT2D eigenvalue weighted by atomic mass is 35.5. The first-order valence-corrected chi connectivity index (χ1v) is 8.68. The van der Waals surface area contributed by atoms with Crippen molar-refractivity contribution in [1.82, 2.24) is 15.1 Å². The van der Waals surface area contributed by atoms with E-state index in [0.29, 0.717) is 10.7 Å². The van der Waals surface area contributed by atoms with E-state index in [1.165, 1.54) is 0 Å². The molecule has 1 amide bonds. The Morgan fingerprint density at radius 2 is 1.83 bits per heavy atom. The summed E-state index contributed by atoms with van der Waals surface area (Å²) in [6, 6.07) is 8.40. The number of carboxylic acid groups (broad SMARTS) is 1. The van der Waals surface area contributed by atoms with Gasteiger partial charge in [-0.3, -0.25) is 19.5 Å². The highest BCUT2D eigenvalue weighted by Gasteiger charge is 2.23. The van der Waals surface area contributed by atoms with Gasteiger partial charge in [-0.05, 0) is 42.5 Å². The number of amides is 1. The molecule has 0 fully saturated rings. The van der Waals surface area contributed by atoms with Gasteiger partial charge < -0.3 is 10.4 Å². The number of hydrogen-bond acceptors (Lipinski definition) is 3. The molecular weight excluding hydrogens is 408 g/mol. The number of aromatic nitrogens is 2. The van der Waals surface area contributed by atoms with Gasteiger partial charge in [0.05, 0.1) is 18.2 Å². The first kappa shape index (κ1) is 20.3. The first-order valence-electron chi connectivity index (χ1n) is 8.30. The van der Waals surface area contributed by atoms with Crippen LogP contribution in [-0.4, -0.2) is 26.8 Å². The third kappa shape index (κ3) is 4.69. The molecule has 1 heterocycles. The number of aliphatic carboxylic acids is 1. The van der Waals surface area contributed by atoms with E-state index in [-0.39, 0.29) is 11.3 Å². The number of nitrogens with one attached hydrogen (secondary N) is 2. The van der Waals surface area contributed by atoms with Crippen molar-refractivity contribution in [3.63, 3.8) is 0 Å². The number of rotatable bonds is 6. The van der Waals surface area contributed by atoms with Gasteiger partial charge in [0.15, 0.2) is 0 Å². The van der Waals surface area contributed by atoms with Gasteiger partial charge in [-0.1, -0.05) is 11.6 Å². The van der Waals surface area contributed by atoms with Crippen molar-refractivity contribution in [1.29, 1.82) is 0 Å². The predicted molar refractivity (Wildman–Crippen MR) is 100 cm³/mol. The van der Waals surface area contributed by atoms with Crippen molar-refractivity contribution in [2.75, 3.05) is 0 Å². The minimum Gasteiger partial charge on any atom is -0.481 e. The molecule has 0 bridgehead atoms. The SMILES string of the molecule is O=C(O)CC(NC(=O)c1cc(=O)n(-c2ccc(Cl)cc2)[nH]1)c1cc(F)ccc1F. The second-order valence-corrected chi connectivity index (χ2v) is 6.55. The lowest BCUT2D eigenvalue weighted by molar-refractivity contribution is -0.137. The summed E-state index contributed by atoms with van der Waals surface area (Å²) in [6.45, 7) is 0. The molecule has 150 valence electrons. The lowest BCUT2D eigenvalue weighted by Crippen LogP contribution is -2.31. The second kappa shape index (κ2) is 8.27. The lowest BCUT2D eigenvalue weighted by atomic mass is 10.0. The van der Waals surface area contributed by atoms with Crippen molar-refractivity contribution in [3.8, 4) is 5.69 Å². The molecule has 3 aromatic rings. The van der Waals surface area contributed by atoms with Crippen LogP contribution in [0.25, 0.3) is 5.69 Å². The number of nitrogens with zero attached hydrogens (tertiary/aromatic N) is 1. The summed E-state index contributed by atoms with van der Waals surface area (Å²) >= 11 is 5.81. The summed E-state index contributed by atoms with van der Waals surface area (Å²) < 4.78 is 28.6. The molecule has 2 aromatic carbocycles. The number of halogens is 3. The van der Waals surface area contributed by atoms with Crippen LogP contribution < -0.4 is 10.9 Å². The Morgan fingerprint density at radius 1 is 1.14 bits per heavy atom. The maximum Gasteiger partial charge on any atom is 0.305 e. The molecule has 0 aliphatic rings. The molecule has 7 nitrogen and oxygen atoms in total. The maximum absolute atomic E-state index is 14.1. The van der Waals surface area contributed by atoms with Gasteiger partial charge in [0.1, 0.15) is 17.3 Å². The monoisotopic (exact) mass is 421 g/mol. The molecule has 3 rings (SSSR count). The topological polar surface area (TPSA) is 104 Å². The van der Waals surface area contributed by atoms with E-state index in [1.54, 1.807) is 24.3 Å². The molecule has 1 unspecified atom stereocenters. The zero-order valence-electron chi connectivity index (χ0n) is 14.7. The highest BCUT2D eigenvalue weighted by Crippen LogP contribution is 2.22. The fraction of sp³-hybridized carbons (Fsp3) is 0.105. The lowest BCUT2D eigenvalue weighted by Gasteiger charge is -2.17. The predicted octanol–water partition coefficient (Wildman–Crippen LogP) is 3.04. The number of aromatic amines is 1. The Labute approximate surface area is 167 Å². The normalized spacial score (nSPS) is 11.8. The number of benzene rings is 2. The van der Waals surface area contributed by atoms with Crippen LogP contribution in [0.15, 0.2) is 53.3 Å². The van der Waals surface area contributed by atoms with Crippen molar-refractivity contribution < 1.29 is 23.5 Å². The standard InChI is InChI=1S/C19H14ClF2N3O4/c20-10-1-4-12(5-2-10)25-17(26)8-16(24-25)19(29)23-15(9-18(27)28)13-7-11(21)3-6-14(13)22/h1-8,15,24H,9H2,(H,23,29)(H,27,28). The van der Waals surface area contributed by atoms with E-state index in [2.05, 4.69) is 10.4 Å². The van der Waals surface area contributed by atoms with Gasteiger partial charge in [0, 0.05) is 16.7 Å². The van der Waals surface area contributed by atoms with Crippen molar-refractivity contribution in [3.05, 3.63) is 86.8 Å². The summed E-state index contributed by atoms with van der Waals surface area (Å²) in [5, 5.41) is 14.4. The summed E-state index contributed by atoms with van der Waals surface area (Å²) in [5.74, 6) is -3.84. The van der Waals surface area contributed by atoms with Crippen LogP contribution in [0.2, 0.25) is 5.02 Å².